The van der Waals surface area contributed by atoms with Crippen LogP contribution in [-0.4, -0.2) is 65.3 Å². The first-order valence-electron chi connectivity index (χ1n) is 8.18. The lowest BCUT2D eigenvalue weighted by atomic mass is 9.97. The quantitative estimate of drug-likeness (QED) is 0.908. The summed E-state index contributed by atoms with van der Waals surface area (Å²) in [5.74, 6) is 0.713. The van der Waals surface area contributed by atoms with E-state index in [1.54, 1.807) is 12.4 Å². The molecule has 1 N–H and O–H groups in total. The number of hydrogen-bond donors (Lipinski definition) is 1. The van der Waals surface area contributed by atoms with Crippen molar-refractivity contribution >= 4 is 12.0 Å². The van der Waals surface area contributed by atoms with Gasteiger partial charge in [0.05, 0.1) is 24.8 Å². The largest absolute Gasteiger partial charge is 0.371 e. The highest BCUT2D eigenvalue weighted by Gasteiger charge is 2.48. The van der Waals surface area contributed by atoms with Crippen LogP contribution in [0.15, 0.2) is 18.5 Å². The summed E-state index contributed by atoms with van der Waals surface area (Å²) < 4.78 is 6.12. The van der Waals surface area contributed by atoms with Gasteiger partial charge in [-0.05, 0) is 26.3 Å². The predicted octanol–water partition coefficient (Wildman–Crippen LogP) is 1.26. The molecule has 0 unspecified atom stereocenters. The van der Waals surface area contributed by atoms with Gasteiger partial charge in [-0.2, -0.15) is 0 Å². The van der Waals surface area contributed by atoms with E-state index >= 15 is 0 Å². The average molecular weight is 319 g/mol. The van der Waals surface area contributed by atoms with Gasteiger partial charge in [-0.25, -0.2) is 14.8 Å². The maximum Gasteiger partial charge on any atom is 0.317 e. The Morgan fingerprint density at radius 1 is 1.48 bits per heavy atom. The maximum atomic E-state index is 12.2. The summed E-state index contributed by atoms with van der Waals surface area (Å²) in [5, 5.41) is 2.95. The van der Waals surface area contributed by atoms with Crippen LogP contribution in [0.3, 0.4) is 0 Å². The standard InChI is InChI=1S/C16H25N5O2/c1-12(2)19-15(22)21-8-5-16(11-21)9-13(10-23-16)20(3)14-17-6-4-7-18-14/h4,6-7,12-13H,5,8-11H2,1-3H3,(H,19,22)/t13-,16-/m1/s1. The number of ether oxygens (including phenoxy) is 1. The molecular weight excluding hydrogens is 294 g/mol. The van der Waals surface area contributed by atoms with Crippen molar-refractivity contribution in [2.24, 2.45) is 0 Å². The van der Waals surface area contributed by atoms with Crippen molar-refractivity contribution in [2.45, 2.75) is 44.4 Å². The van der Waals surface area contributed by atoms with Crippen LogP contribution in [0.4, 0.5) is 10.7 Å². The summed E-state index contributed by atoms with van der Waals surface area (Å²) in [6.45, 7) is 6.00. The third-order valence-electron chi connectivity index (χ3n) is 4.62. The molecule has 2 saturated heterocycles. The molecule has 7 heteroatoms. The monoisotopic (exact) mass is 319 g/mol. The molecule has 3 heterocycles. The van der Waals surface area contributed by atoms with Crippen LogP contribution in [0.1, 0.15) is 26.7 Å². The number of hydrogen-bond acceptors (Lipinski definition) is 5. The molecule has 1 aromatic rings. The van der Waals surface area contributed by atoms with Crippen molar-refractivity contribution in [2.75, 3.05) is 31.6 Å². The topological polar surface area (TPSA) is 70.6 Å². The number of amides is 2. The van der Waals surface area contributed by atoms with E-state index in [9.17, 15) is 4.79 Å². The minimum absolute atomic E-state index is 0.00340. The van der Waals surface area contributed by atoms with Gasteiger partial charge in [-0.15, -0.1) is 0 Å². The van der Waals surface area contributed by atoms with Crippen LogP contribution in [0.5, 0.6) is 0 Å². The molecule has 2 atom stereocenters. The molecule has 0 bridgehead atoms. The smallest absolute Gasteiger partial charge is 0.317 e. The maximum absolute atomic E-state index is 12.2. The van der Waals surface area contributed by atoms with Crippen molar-refractivity contribution in [1.82, 2.24) is 20.2 Å². The highest BCUT2D eigenvalue weighted by molar-refractivity contribution is 5.75. The second kappa shape index (κ2) is 6.31. The van der Waals surface area contributed by atoms with Crippen LogP contribution < -0.4 is 10.2 Å². The fraction of sp³-hybridized carbons (Fsp3) is 0.688. The van der Waals surface area contributed by atoms with Crippen molar-refractivity contribution in [3.8, 4) is 0 Å². The SMILES string of the molecule is CC(C)NC(=O)N1CC[C@@]2(C[C@@H](N(C)c3ncccn3)CO2)C1. The number of anilines is 1. The number of nitrogens with one attached hydrogen (secondary N) is 1. The number of rotatable bonds is 3. The molecule has 7 nitrogen and oxygen atoms in total. The van der Waals surface area contributed by atoms with Crippen LogP contribution in [0.25, 0.3) is 0 Å². The van der Waals surface area contributed by atoms with Gasteiger partial charge in [-0.1, -0.05) is 0 Å². The second-order valence-corrected chi connectivity index (χ2v) is 6.79. The number of likely N-dealkylation sites (N-methyl/N-ethyl adjacent to an activating group) is 1. The Morgan fingerprint density at radius 2 is 2.22 bits per heavy atom. The number of carbonyl (C=O) groups is 1. The number of aromatic nitrogens is 2. The van der Waals surface area contributed by atoms with Crippen LogP contribution >= 0.6 is 0 Å². The molecule has 2 aliphatic rings. The Labute approximate surface area is 137 Å². The first-order valence-corrected chi connectivity index (χ1v) is 8.18. The molecular formula is C16H25N5O2. The number of urea groups is 1. The van der Waals surface area contributed by atoms with Crippen molar-refractivity contribution in [1.29, 1.82) is 0 Å². The molecule has 0 aromatic carbocycles. The molecule has 2 fully saturated rings. The molecule has 0 radical (unpaired) electrons. The van der Waals surface area contributed by atoms with E-state index in [4.69, 9.17) is 4.74 Å². The number of carbonyl (C=O) groups excluding carboxylic acids is 1. The summed E-state index contributed by atoms with van der Waals surface area (Å²) in [5.41, 5.74) is -0.220. The Morgan fingerprint density at radius 3 is 2.91 bits per heavy atom. The minimum Gasteiger partial charge on any atom is -0.371 e. The van der Waals surface area contributed by atoms with Gasteiger partial charge < -0.3 is 19.9 Å². The van der Waals surface area contributed by atoms with E-state index in [0.29, 0.717) is 19.1 Å². The first kappa shape index (κ1) is 16.0. The molecule has 0 aliphatic carbocycles. The third-order valence-corrected chi connectivity index (χ3v) is 4.62. The fourth-order valence-electron chi connectivity index (χ4n) is 3.35. The van der Waals surface area contributed by atoms with Gasteiger partial charge in [0.15, 0.2) is 0 Å². The Hall–Kier alpha value is -1.89. The van der Waals surface area contributed by atoms with Crippen LogP contribution in [0.2, 0.25) is 0 Å². The first-order chi connectivity index (χ1) is 11.0. The normalized spacial score (nSPS) is 27.0. The molecule has 23 heavy (non-hydrogen) atoms. The van der Waals surface area contributed by atoms with Gasteiger partial charge in [0.25, 0.3) is 0 Å². The Bertz CT molecular complexity index is 553. The van der Waals surface area contributed by atoms with E-state index in [2.05, 4.69) is 20.2 Å². The van der Waals surface area contributed by atoms with Crippen molar-refractivity contribution in [3.05, 3.63) is 18.5 Å². The molecule has 2 aliphatic heterocycles. The Balaban J connectivity index is 1.60. The molecule has 2 amide bonds. The van der Waals surface area contributed by atoms with Gasteiger partial charge in [0.1, 0.15) is 0 Å². The van der Waals surface area contributed by atoms with Crippen molar-refractivity contribution in [3.63, 3.8) is 0 Å². The van der Waals surface area contributed by atoms with E-state index in [-0.39, 0.29) is 23.7 Å². The third kappa shape index (κ3) is 3.39. The lowest BCUT2D eigenvalue weighted by molar-refractivity contribution is 0.0148. The lowest BCUT2D eigenvalue weighted by Gasteiger charge is -2.26. The van der Waals surface area contributed by atoms with Gasteiger partial charge in [-0.3, -0.25) is 0 Å². The highest BCUT2D eigenvalue weighted by atomic mass is 16.5. The van der Waals surface area contributed by atoms with E-state index in [0.717, 1.165) is 19.4 Å². The van der Waals surface area contributed by atoms with E-state index < -0.39 is 0 Å². The highest BCUT2D eigenvalue weighted by Crippen LogP contribution is 2.37. The van der Waals surface area contributed by atoms with Crippen LogP contribution in [0, 0.1) is 0 Å². The molecule has 3 rings (SSSR count). The van der Waals surface area contributed by atoms with Gasteiger partial charge >= 0.3 is 6.03 Å². The van der Waals surface area contributed by atoms with Crippen molar-refractivity contribution < 1.29 is 9.53 Å². The molecule has 126 valence electrons. The molecule has 0 saturated carbocycles. The summed E-state index contributed by atoms with van der Waals surface area (Å²) in [7, 11) is 2.00. The zero-order chi connectivity index (χ0) is 16.4. The van der Waals surface area contributed by atoms with Crippen LogP contribution in [-0.2, 0) is 4.74 Å². The fourth-order valence-corrected chi connectivity index (χ4v) is 3.35. The predicted molar refractivity (Wildman–Crippen MR) is 87.4 cm³/mol. The summed E-state index contributed by atoms with van der Waals surface area (Å²) in [6.07, 6.45) is 5.28. The zero-order valence-corrected chi connectivity index (χ0v) is 14.0. The molecule has 1 spiro atoms. The Kier molecular flexibility index (Phi) is 4.39. The van der Waals surface area contributed by atoms with E-state index in [1.807, 2.05) is 31.9 Å². The number of likely N-dealkylation sites (tertiary alicyclic amines) is 1. The summed E-state index contributed by atoms with van der Waals surface area (Å²) >= 11 is 0. The molecule has 1 aromatic heterocycles. The van der Waals surface area contributed by atoms with E-state index in [1.165, 1.54) is 0 Å². The summed E-state index contributed by atoms with van der Waals surface area (Å²) in [4.78, 5) is 24.7. The average Bonchev–Trinajstić information content (AvgIpc) is 3.15. The summed E-state index contributed by atoms with van der Waals surface area (Å²) in [6, 6.07) is 2.21. The lowest BCUT2D eigenvalue weighted by Crippen LogP contribution is -2.44. The second-order valence-electron chi connectivity index (χ2n) is 6.79. The number of nitrogens with zero attached hydrogens (tertiary/aromatic N) is 4. The van der Waals surface area contributed by atoms with Gasteiger partial charge in [0, 0.05) is 38.4 Å². The minimum atomic E-state index is -0.220. The van der Waals surface area contributed by atoms with Gasteiger partial charge in [0.2, 0.25) is 5.95 Å². The zero-order valence-electron chi connectivity index (χ0n) is 14.0.